The summed E-state index contributed by atoms with van der Waals surface area (Å²) in [7, 11) is 1.73. The summed E-state index contributed by atoms with van der Waals surface area (Å²) in [4.78, 5) is 2.29. The van der Waals surface area contributed by atoms with E-state index in [0.29, 0.717) is 18.0 Å². The molecule has 0 aromatic heterocycles. The van der Waals surface area contributed by atoms with Crippen LogP contribution in [0.15, 0.2) is 22.7 Å². The first-order chi connectivity index (χ1) is 9.65. The summed E-state index contributed by atoms with van der Waals surface area (Å²) in [6.45, 7) is 3.07. The number of methoxy groups -OCH3 is 1. The van der Waals surface area contributed by atoms with Crippen molar-refractivity contribution in [3.8, 4) is 0 Å². The molecule has 20 heavy (non-hydrogen) atoms. The number of nitrogens with two attached hydrogens (primary N) is 1. The summed E-state index contributed by atoms with van der Waals surface area (Å²) in [5.41, 5.74) is 6.60. The number of benzene rings is 1. The molecule has 1 saturated heterocycles. The van der Waals surface area contributed by atoms with E-state index in [2.05, 4.69) is 20.8 Å². The smallest absolute Gasteiger partial charge is 0.128 e. The third-order valence-electron chi connectivity index (χ3n) is 3.93. The Balaban J connectivity index is 2.16. The molecule has 0 saturated carbocycles. The lowest BCUT2D eigenvalue weighted by atomic mass is 9.95. The van der Waals surface area contributed by atoms with E-state index in [9.17, 15) is 4.39 Å². The third kappa shape index (κ3) is 3.79. The Hall–Kier alpha value is -0.490. The quantitative estimate of drug-likeness (QED) is 0.892. The van der Waals surface area contributed by atoms with Crippen LogP contribution in [0.4, 0.5) is 4.39 Å². The van der Waals surface area contributed by atoms with E-state index in [1.807, 2.05) is 6.07 Å². The molecule has 1 fully saturated rings. The van der Waals surface area contributed by atoms with Crippen molar-refractivity contribution in [1.29, 1.82) is 0 Å². The van der Waals surface area contributed by atoms with Gasteiger partial charge < -0.3 is 10.5 Å². The van der Waals surface area contributed by atoms with Crippen LogP contribution >= 0.6 is 15.9 Å². The molecule has 5 heteroatoms. The lowest BCUT2D eigenvalue weighted by Gasteiger charge is -2.38. The number of likely N-dealkylation sites (tertiary alicyclic amines) is 1. The maximum absolute atomic E-state index is 14.1. The second-order valence-corrected chi connectivity index (χ2v) is 6.29. The minimum atomic E-state index is -0.183. The van der Waals surface area contributed by atoms with Crippen molar-refractivity contribution in [3.63, 3.8) is 0 Å². The van der Waals surface area contributed by atoms with E-state index in [4.69, 9.17) is 10.5 Å². The Kier molecular flexibility index (Phi) is 5.96. The van der Waals surface area contributed by atoms with E-state index in [0.717, 1.165) is 30.6 Å². The van der Waals surface area contributed by atoms with Crippen molar-refractivity contribution in [2.75, 3.05) is 33.4 Å². The van der Waals surface area contributed by atoms with Crippen LogP contribution in [-0.2, 0) is 4.74 Å². The molecule has 1 aromatic rings. The van der Waals surface area contributed by atoms with Crippen LogP contribution < -0.4 is 5.73 Å². The second kappa shape index (κ2) is 7.50. The Morgan fingerprint density at radius 1 is 1.55 bits per heavy atom. The number of piperidine rings is 1. The molecule has 0 radical (unpaired) electrons. The standard InChI is InChI=1S/C15H22BrFN2O/c1-20-10-11-3-2-6-19(9-11)15(8-18)13-7-12(16)4-5-14(13)17/h4-5,7,11,15H,2-3,6,8-10,18H2,1H3. The summed E-state index contributed by atoms with van der Waals surface area (Å²) in [6.07, 6.45) is 2.28. The maximum Gasteiger partial charge on any atom is 0.128 e. The number of hydrogen-bond acceptors (Lipinski definition) is 3. The Morgan fingerprint density at radius 2 is 2.35 bits per heavy atom. The van der Waals surface area contributed by atoms with Gasteiger partial charge in [-0.15, -0.1) is 0 Å². The number of rotatable bonds is 5. The van der Waals surface area contributed by atoms with Crippen molar-refractivity contribution >= 4 is 15.9 Å². The predicted molar refractivity (Wildman–Crippen MR) is 82.1 cm³/mol. The fourth-order valence-electron chi connectivity index (χ4n) is 2.99. The molecular formula is C15H22BrFN2O. The molecule has 3 nitrogen and oxygen atoms in total. The molecule has 2 N–H and O–H groups in total. The van der Waals surface area contributed by atoms with Gasteiger partial charge in [-0.1, -0.05) is 15.9 Å². The van der Waals surface area contributed by atoms with Gasteiger partial charge in [0.1, 0.15) is 5.82 Å². The average molecular weight is 345 g/mol. The minimum Gasteiger partial charge on any atom is -0.384 e. The third-order valence-corrected chi connectivity index (χ3v) is 4.43. The molecule has 0 bridgehead atoms. The highest BCUT2D eigenvalue weighted by Crippen LogP contribution is 2.29. The fourth-order valence-corrected chi connectivity index (χ4v) is 3.37. The monoisotopic (exact) mass is 344 g/mol. The molecule has 0 aliphatic carbocycles. The number of halogens is 2. The zero-order valence-electron chi connectivity index (χ0n) is 11.8. The highest BCUT2D eigenvalue weighted by atomic mass is 79.9. The molecule has 1 aliphatic rings. The summed E-state index contributed by atoms with van der Waals surface area (Å²) in [6, 6.07) is 4.99. The number of hydrogen-bond donors (Lipinski definition) is 1. The van der Waals surface area contributed by atoms with Gasteiger partial charge in [-0.05, 0) is 43.5 Å². The van der Waals surface area contributed by atoms with E-state index in [1.165, 1.54) is 12.5 Å². The molecule has 0 amide bonds. The maximum atomic E-state index is 14.1. The zero-order chi connectivity index (χ0) is 14.5. The minimum absolute atomic E-state index is 0.0628. The first-order valence-electron chi connectivity index (χ1n) is 7.03. The van der Waals surface area contributed by atoms with Crippen LogP contribution in [0.5, 0.6) is 0 Å². The lowest BCUT2D eigenvalue weighted by Crippen LogP contribution is -2.42. The Morgan fingerprint density at radius 3 is 3.05 bits per heavy atom. The van der Waals surface area contributed by atoms with Gasteiger partial charge in [0.05, 0.1) is 6.61 Å². The lowest BCUT2D eigenvalue weighted by molar-refractivity contribution is 0.0688. The summed E-state index contributed by atoms with van der Waals surface area (Å²) in [5, 5.41) is 0. The van der Waals surface area contributed by atoms with Gasteiger partial charge in [0.15, 0.2) is 0 Å². The van der Waals surface area contributed by atoms with Crippen molar-refractivity contribution in [2.24, 2.45) is 11.7 Å². The summed E-state index contributed by atoms with van der Waals surface area (Å²) >= 11 is 3.41. The molecule has 2 unspecified atom stereocenters. The first-order valence-corrected chi connectivity index (χ1v) is 7.83. The average Bonchev–Trinajstić information content (AvgIpc) is 2.44. The topological polar surface area (TPSA) is 38.5 Å². The molecule has 0 spiro atoms. The predicted octanol–water partition coefficient (Wildman–Crippen LogP) is 2.95. The Labute approximate surface area is 128 Å². The zero-order valence-corrected chi connectivity index (χ0v) is 13.4. The molecule has 1 aliphatic heterocycles. The number of nitrogens with zero attached hydrogens (tertiary/aromatic N) is 1. The van der Waals surface area contributed by atoms with Gasteiger partial charge in [0.2, 0.25) is 0 Å². The fraction of sp³-hybridized carbons (Fsp3) is 0.600. The van der Waals surface area contributed by atoms with Crippen LogP contribution in [-0.4, -0.2) is 38.3 Å². The van der Waals surface area contributed by atoms with E-state index < -0.39 is 0 Å². The van der Waals surface area contributed by atoms with Crippen LogP contribution in [0.1, 0.15) is 24.4 Å². The molecule has 2 atom stereocenters. The van der Waals surface area contributed by atoms with E-state index in [1.54, 1.807) is 13.2 Å². The summed E-state index contributed by atoms with van der Waals surface area (Å²) < 4.78 is 20.2. The van der Waals surface area contributed by atoms with Gasteiger partial charge >= 0.3 is 0 Å². The van der Waals surface area contributed by atoms with Crippen LogP contribution in [0.25, 0.3) is 0 Å². The van der Waals surface area contributed by atoms with E-state index >= 15 is 0 Å². The van der Waals surface area contributed by atoms with Gasteiger partial charge in [-0.2, -0.15) is 0 Å². The van der Waals surface area contributed by atoms with Gasteiger partial charge in [0.25, 0.3) is 0 Å². The first kappa shape index (κ1) is 15.9. The molecule has 1 aromatic carbocycles. The van der Waals surface area contributed by atoms with Crippen molar-refractivity contribution in [3.05, 3.63) is 34.1 Å². The highest BCUT2D eigenvalue weighted by molar-refractivity contribution is 9.10. The molecule has 2 rings (SSSR count). The highest BCUT2D eigenvalue weighted by Gasteiger charge is 2.27. The van der Waals surface area contributed by atoms with Gasteiger partial charge in [-0.3, -0.25) is 4.90 Å². The van der Waals surface area contributed by atoms with E-state index in [-0.39, 0.29) is 11.9 Å². The second-order valence-electron chi connectivity index (χ2n) is 5.38. The van der Waals surface area contributed by atoms with Crippen LogP contribution in [0.3, 0.4) is 0 Å². The molecule has 1 heterocycles. The van der Waals surface area contributed by atoms with Crippen molar-refractivity contribution < 1.29 is 9.13 Å². The largest absolute Gasteiger partial charge is 0.384 e. The summed E-state index contributed by atoms with van der Waals surface area (Å²) in [5.74, 6) is 0.329. The van der Waals surface area contributed by atoms with Gasteiger partial charge in [0, 0.05) is 36.3 Å². The normalized spacial score (nSPS) is 21.9. The van der Waals surface area contributed by atoms with Gasteiger partial charge in [-0.25, -0.2) is 4.39 Å². The van der Waals surface area contributed by atoms with Crippen molar-refractivity contribution in [2.45, 2.75) is 18.9 Å². The molecular weight excluding hydrogens is 323 g/mol. The van der Waals surface area contributed by atoms with Crippen LogP contribution in [0, 0.1) is 11.7 Å². The van der Waals surface area contributed by atoms with Crippen LogP contribution in [0.2, 0.25) is 0 Å². The Bertz CT molecular complexity index is 442. The SMILES string of the molecule is COCC1CCCN(C(CN)c2cc(Br)ccc2F)C1. The number of ether oxygens (including phenoxy) is 1. The van der Waals surface area contributed by atoms with Crippen molar-refractivity contribution in [1.82, 2.24) is 4.90 Å². The molecule has 112 valence electrons.